The molecule has 108 valence electrons. The third kappa shape index (κ3) is 3.14. The summed E-state index contributed by atoms with van der Waals surface area (Å²) in [5.74, 6) is -1.67. The fourth-order valence-corrected chi connectivity index (χ4v) is 1.93. The fraction of sp³-hybridized carbons (Fsp3) is 0.500. The molecule has 1 heterocycles. The van der Waals surface area contributed by atoms with Crippen molar-refractivity contribution in [3.05, 3.63) is 33.1 Å². The van der Waals surface area contributed by atoms with Crippen molar-refractivity contribution in [2.75, 3.05) is 0 Å². The molecule has 1 aromatic rings. The third-order valence-electron chi connectivity index (χ3n) is 3.37. The van der Waals surface area contributed by atoms with Crippen LogP contribution in [0.5, 0.6) is 0 Å². The summed E-state index contributed by atoms with van der Waals surface area (Å²) >= 11 is 0. The monoisotopic (exact) mass is 281 g/mol. The summed E-state index contributed by atoms with van der Waals surface area (Å²) < 4.78 is 1.04. The summed E-state index contributed by atoms with van der Waals surface area (Å²) in [6.45, 7) is -0.233. The second kappa shape index (κ2) is 5.72. The number of H-pyrrole nitrogens is 1. The maximum absolute atomic E-state index is 11.7. The van der Waals surface area contributed by atoms with Crippen molar-refractivity contribution >= 4 is 11.9 Å². The van der Waals surface area contributed by atoms with Gasteiger partial charge in [-0.3, -0.25) is 19.1 Å². The average molecular weight is 281 g/mol. The van der Waals surface area contributed by atoms with Gasteiger partial charge in [0.05, 0.1) is 6.54 Å². The second-order valence-electron chi connectivity index (χ2n) is 4.79. The van der Waals surface area contributed by atoms with Crippen molar-refractivity contribution in [2.45, 2.75) is 31.8 Å². The predicted molar refractivity (Wildman–Crippen MR) is 68.2 cm³/mol. The smallest absolute Gasteiger partial charge is 0.328 e. The van der Waals surface area contributed by atoms with Crippen molar-refractivity contribution in [3.63, 3.8) is 0 Å². The minimum absolute atomic E-state index is 0.135. The molecule has 1 aromatic heterocycles. The normalized spacial score (nSPS) is 16.2. The van der Waals surface area contributed by atoms with Crippen LogP contribution in [0.3, 0.4) is 0 Å². The first kappa shape index (κ1) is 14.0. The Balaban J connectivity index is 2.08. The molecule has 0 bridgehead atoms. The lowest BCUT2D eigenvalue weighted by atomic mass is 9.84. The van der Waals surface area contributed by atoms with Crippen LogP contribution in [0.15, 0.2) is 21.9 Å². The van der Waals surface area contributed by atoms with Crippen molar-refractivity contribution in [2.24, 2.45) is 5.92 Å². The summed E-state index contributed by atoms with van der Waals surface area (Å²) in [5.41, 5.74) is -1.27. The molecule has 0 aromatic carbocycles. The Morgan fingerprint density at radius 1 is 1.45 bits per heavy atom. The number of rotatable bonds is 5. The van der Waals surface area contributed by atoms with E-state index in [4.69, 9.17) is 5.11 Å². The Labute approximate surface area is 113 Å². The average Bonchev–Trinajstić information content (AvgIpc) is 2.28. The molecule has 0 spiro atoms. The van der Waals surface area contributed by atoms with E-state index in [0.717, 1.165) is 29.9 Å². The highest BCUT2D eigenvalue weighted by Gasteiger charge is 2.29. The minimum atomic E-state index is -1.23. The van der Waals surface area contributed by atoms with Crippen molar-refractivity contribution in [3.8, 4) is 0 Å². The van der Waals surface area contributed by atoms with Crippen molar-refractivity contribution < 1.29 is 14.7 Å². The molecule has 0 radical (unpaired) electrons. The SMILES string of the molecule is O=C(NC(Cn1ccc(=O)[nH]c1=O)C(=O)O)C1CCC1. The maximum Gasteiger partial charge on any atom is 0.328 e. The summed E-state index contributed by atoms with van der Waals surface area (Å²) in [5, 5.41) is 11.5. The van der Waals surface area contributed by atoms with Crippen LogP contribution in [-0.2, 0) is 16.1 Å². The molecular weight excluding hydrogens is 266 g/mol. The number of hydrogen-bond donors (Lipinski definition) is 3. The molecule has 1 aliphatic carbocycles. The van der Waals surface area contributed by atoms with Gasteiger partial charge in [0.1, 0.15) is 6.04 Å². The molecule has 1 unspecified atom stereocenters. The van der Waals surface area contributed by atoms with E-state index < -0.39 is 23.3 Å². The van der Waals surface area contributed by atoms with E-state index in [-0.39, 0.29) is 18.4 Å². The van der Waals surface area contributed by atoms with Crippen LogP contribution < -0.4 is 16.6 Å². The van der Waals surface area contributed by atoms with Crippen LogP contribution in [0.2, 0.25) is 0 Å². The molecule has 0 saturated heterocycles. The van der Waals surface area contributed by atoms with Crippen LogP contribution in [-0.4, -0.2) is 32.6 Å². The lowest BCUT2D eigenvalue weighted by molar-refractivity contribution is -0.143. The van der Waals surface area contributed by atoms with E-state index in [1.54, 1.807) is 0 Å². The molecule has 1 aliphatic rings. The topological polar surface area (TPSA) is 121 Å². The number of amides is 1. The maximum atomic E-state index is 11.7. The Hall–Kier alpha value is -2.38. The molecule has 3 N–H and O–H groups in total. The summed E-state index contributed by atoms with van der Waals surface area (Å²) in [6.07, 6.45) is 3.69. The Kier molecular flexibility index (Phi) is 4.02. The number of aromatic amines is 1. The van der Waals surface area contributed by atoms with Gasteiger partial charge in [-0.1, -0.05) is 6.42 Å². The number of carboxylic acids is 1. The van der Waals surface area contributed by atoms with Gasteiger partial charge < -0.3 is 10.4 Å². The standard InChI is InChI=1S/C12H15N3O5/c16-9-4-5-15(12(20)14-9)6-8(11(18)19)13-10(17)7-2-1-3-7/h4-5,7-8H,1-3,6H2,(H,13,17)(H,18,19)(H,14,16,20). The van der Waals surface area contributed by atoms with E-state index in [1.807, 2.05) is 4.98 Å². The quantitative estimate of drug-likeness (QED) is 0.633. The van der Waals surface area contributed by atoms with Crippen LogP contribution >= 0.6 is 0 Å². The fourth-order valence-electron chi connectivity index (χ4n) is 1.93. The van der Waals surface area contributed by atoms with Gasteiger partial charge in [0, 0.05) is 18.2 Å². The van der Waals surface area contributed by atoms with Crippen LogP contribution in [0.4, 0.5) is 0 Å². The number of nitrogens with zero attached hydrogens (tertiary/aromatic N) is 1. The molecule has 1 saturated carbocycles. The molecule has 1 amide bonds. The number of nitrogens with one attached hydrogen (secondary N) is 2. The number of carboxylic acid groups (broad SMARTS) is 1. The van der Waals surface area contributed by atoms with Gasteiger partial charge in [-0.05, 0) is 12.8 Å². The zero-order chi connectivity index (χ0) is 14.7. The minimum Gasteiger partial charge on any atom is -0.480 e. The lowest BCUT2D eigenvalue weighted by Gasteiger charge is -2.26. The zero-order valence-electron chi connectivity index (χ0n) is 10.7. The molecule has 20 heavy (non-hydrogen) atoms. The van der Waals surface area contributed by atoms with E-state index in [0.29, 0.717) is 0 Å². The third-order valence-corrected chi connectivity index (χ3v) is 3.37. The van der Waals surface area contributed by atoms with Crippen molar-refractivity contribution in [1.82, 2.24) is 14.9 Å². The molecular formula is C12H15N3O5. The summed E-state index contributed by atoms with van der Waals surface area (Å²) in [6, 6.07) is -0.0830. The van der Waals surface area contributed by atoms with E-state index in [9.17, 15) is 19.2 Å². The first-order valence-electron chi connectivity index (χ1n) is 6.30. The number of hydrogen-bond acceptors (Lipinski definition) is 4. The Bertz CT molecular complexity index is 628. The zero-order valence-corrected chi connectivity index (χ0v) is 10.7. The number of aromatic nitrogens is 2. The van der Waals surface area contributed by atoms with Gasteiger partial charge in [0.25, 0.3) is 5.56 Å². The summed E-state index contributed by atoms with van der Waals surface area (Å²) in [4.78, 5) is 47.3. The summed E-state index contributed by atoms with van der Waals surface area (Å²) in [7, 11) is 0. The van der Waals surface area contributed by atoms with E-state index in [2.05, 4.69) is 5.32 Å². The van der Waals surface area contributed by atoms with Gasteiger partial charge in [-0.2, -0.15) is 0 Å². The first-order valence-corrected chi connectivity index (χ1v) is 6.30. The van der Waals surface area contributed by atoms with Crippen LogP contribution in [0.25, 0.3) is 0 Å². The molecule has 0 aliphatic heterocycles. The first-order chi connectivity index (χ1) is 9.47. The van der Waals surface area contributed by atoms with Crippen molar-refractivity contribution in [1.29, 1.82) is 0 Å². The van der Waals surface area contributed by atoms with Gasteiger partial charge in [0.2, 0.25) is 5.91 Å². The molecule has 1 fully saturated rings. The molecule has 2 rings (SSSR count). The van der Waals surface area contributed by atoms with Gasteiger partial charge >= 0.3 is 11.7 Å². The molecule has 8 nitrogen and oxygen atoms in total. The highest BCUT2D eigenvalue weighted by molar-refractivity contribution is 5.85. The largest absolute Gasteiger partial charge is 0.480 e. The van der Waals surface area contributed by atoms with Gasteiger partial charge in [-0.25, -0.2) is 9.59 Å². The van der Waals surface area contributed by atoms with E-state index in [1.165, 1.54) is 6.20 Å². The second-order valence-corrected chi connectivity index (χ2v) is 4.79. The number of carbonyl (C=O) groups is 2. The number of aliphatic carboxylic acids is 1. The Morgan fingerprint density at radius 2 is 2.15 bits per heavy atom. The lowest BCUT2D eigenvalue weighted by Crippen LogP contribution is -2.48. The molecule has 1 atom stereocenters. The van der Waals surface area contributed by atoms with Gasteiger partial charge in [-0.15, -0.1) is 0 Å². The highest BCUT2D eigenvalue weighted by atomic mass is 16.4. The number of carbonyl (C=O) groups excluding carboxylic acids is 1. The molecule has 8 heteroatoms. The Morgan fingerprint density at radius 3 is 2.65 bits per heavy atom. The predicted octanol–water partition coefficient (Wildman–Crippen LogP) is -1.09. The van der Waals surface area contributed by atoms with Gasteiger partial charge in [0.15, 0.2) is 0 Å². The van der Waals surface area contributed by atoms with Crippen LogP contribution in [0, 0.1) is 5.92 Å². The highest BCUT2D eigenvalue weighted by Crippen LogP contribution is 2.26. The van der Waals surface area contributed by atoms with Crippen LogP contribution in [0.1, 0.15) is 19.3 Å². The van der Waals surface area contributed by atoms with E-state index >= 15 is 0 Å².